The zero-order valence-corrected chi connectivity index (χ0v) is 21.7. The molecule has 3 atom stereocenters. The summed E-state index contributed by atoms with van der Waals surface area (Å²) in [6.07, 6.45) is 3.13. The Hall–Kier alpha value is -1.45. The number of benzene rings is 1. The highest BCUT2D eigenvalue weighted by Crippen LogP contribution is 2.41. The Bertz CT molecular complexity index is 792. The SMILES string of the molecule is COCCCC[C@@](O)(c1cccc(Cl)c1F)[C@@H]1CCCN(C(=O)NC[C@@H](N)COC(C)(C)C)C1. The average Bonchev–Trinajstić information content (AvgIpc) is 2.80. The molecule has 9 heteroatoms. The first-order chi connectivity index (χ1) is 16.0. The van der Waals surface area contributed by atoms with E-state index in [1.165, 1.54) is 6.07 Å². The van der Waals surface area contributed by atoms with Gasteiger partial charge in [-0.2, -0.15) is 0 Å². The van der Waals surface area contributed by atoms with Crippen molar-refractivity contribution in [2.24, 2.45) is 11.7 Å². The van der Waals surface area contributed by atoms with Crippen LogP contribution in [0.3, 0.4) is 0 Å². The first kappa shape index (κ1) is 28.8. The third-order valence-electron chi connectivity index (χ3n) is 6.20. The quantitative estimate of drug-likeness (QED) is 0.397. The van der Waals surface area contributed by atoms with E-state index in [0.717, 1.165) is 6.42 Å². The number of carbonyl (C=O) groups excluding carboxylic acids is 1. The summed E-state index contributed by atoms with van der Waals surface area (Å²) < 4.78 is 25.8. The highest BCUT2D eigenvalue weighted by Gasteiger charge is 2.43. The number of carbonyl (C=O) groups is 1. The number of urea groups is 1. The first-order valence-corrected chi connectivity index (χ1v) is 12.4. The molecule has 194 valence electrons. The minimum Gasteiger partial charge on any atom is -0.385 e. The van der Waals surface area contributed by atoms with Gasteiger partial charge in [-0.15, -0.1) is 0 Å². The number of rotatable bonds is 11. The fourth-order valence-corrected chi connectivity index (χ4v) is 4.51. The molecule has 34 heavy (non-hydrogen) atoms. The van der Waals surface area contributed by atoms with Gasteiger partial charge in [0, 0.05) is 50.9 Å². The molecular weight excluding hydrogens is 461 g/mol. The zero-order valence-electron chi connectivity index (χ0n) is 20.9. The van der Waals surface area contributed by atoms with Crippen molar-refractivity contribution in [2.75, 3.05) is 40.0 Å². The molecule has 0 aliphatic carbocycles. The molecule has 0 bridgehead atoms. The monoisotopic (exact) mass is 501 g/mol. The van der Waals surface area contributed by atoms with E-state index in [0.29, 0.717) is 52.0 Å². The Morgan fingerprint density at radius 1 is 1.38 bits per heavy atom. The molecule has 0 saturated carbocycles. The maximum absolute atomic E-state index is 15.0. The summed E-state index contributed by atoms with van der Waals surface area (Å²) in [5, 5.41) is 14.7. The number of aliphatic hydroxyl groups is 1. The fraction of sp³-hybridized carbons (Fsp3) is 0.720. The van der Waals surface area contributed by atoms with Crippen LogP contribution < -0.4 is 11.1 Å². The van der Waals surface area contributed by atoms with Gasteiger partial charge in [0.05, 0.1) is 22.8 Å². The van der Waals surface area contributed by atoms with Gasteiger partial charge in [-0.1, -0.05) is 23.7 Å². The van der Waals surface area contributed by atoms with Crippen molar-refractivity contribution in [3.63, 3.8) is 0 Å². The number of hydrogen-bond donors (Lipinski definition) is 3. The number of amides is 2. The number of nitrogens with zero attached hydrogens (tertiary/aromatic N) is 1. The van der Waals surface area contributed by atoms with Gasteiger partial charge < -0.3 is 30.5 Å². The molecule has 7 nitrogen and oxygen atoms in total. The van der Waals surface area contributed by atoms with Crippen LogP contribution in [0.2, 0.25) is 5.02 Å². The molecule has 1 aromatic carbocycles. The largest absolute Gasteiger partial charge is 0.385 e. The van der Waals surface area contributed by atoms with Crippen molar-refractivity contribution in [2.45, 2.75) is 70.1 Å². The lowest BCUT2D eigenvalue weighted by molar-refractivity contribution is -0.0587. The summed E-state index contributed by atoms with van der Waals surface area (Å²) in [5.41, 5.74) is 4.52. The van der Waals surface area contributed by atoms with Crippen molar-refractivity contribution in [3.8, 4) is 0 Å². The smallest absolute Gasteiger partial charge is 0.317 e. The summed E-state index contributed by atoms with van der Waals surface area (Å²) in [7, 11) is 1.63. The number of halogens is 2. The van der Waals surface area contributed by atoms with Crippen LogP contribution in [0, 0.1) is 11.7 Å². The van der Waals surface area contributed by atoms with Crippen molar-refractivity contribution in [1.29, 1.82) is 0 Å². The molecule has 0 unspecified atom stereocenters. The molecule has 1 heterocycles. The highest BCUT2D eigenvalue weighted by molar-refractivity contribution is 6.30. The van der Waals surface area contributed by atoms with E-state index >= 15 is 4.39 Å². The minimum absolute atomic E-state index is 0.0234. The number of likely N-dealkylation sites (tertiary alicyclic amines) is 1. The fourth-order valence-electron chi connectivity index (χ4n) is 4.34. The van der Waals surface area contributed by atoms with Crippen LogP contribution in [0.4, 0.5) is 9.18 Å². The van der Waals surface area contributed by atoms with Gasteiger partial charge >= 0.3 is 6.03 Å². The topological polar surface area (TPSA) is 97.1 Å². The Balaban J connectivity index is 2.09. The Morgan fingerprint density at radius 2 is 2.12 bits per heavy atom. The third-order valence-corrected chi connectivity index (χ3v) is 6.50. The lowest BCUT2D eigenvalue weighted by Crippen LogP contribution is -2.52. The molecule has 1 saturated heterocycles. The first-order valence-electron chi connectivity index (χ1n) is 12.1. The van der Waals surface area contributed by atoms with Gasteiger partial charge in [-0.05, 0) is 58.9 Å². The van der Waals surface area contributed by atoms with Crippen LogP contribution in [0.25, 0.3) is 0 Å². The second-order valence-electron chi connectivity index (χ2n) is 10.1. The maximum atomic E-state index is 15.0. The molecule has 0 aromatic heterocycles. The van der Waals surface area contributed by atoms with Crippen molar-refractivity contribution in [1.82, 2.24) is 10.2 Å². The van der Waals surface area contributed by atoms with Crippen molar-refractivity contribution >= 4 is 17.6 Å². The molecule has 4 N–H and O–H groups in total. The van der Waals surface area contributed by atoms with E-state index in [9.17, 15) is 9.90 Å². The van der Waals surface area contributed by atoms with E-state index in [1.54, 1.807) is 24.1 Å². The average molecular weight is 502 g/mol. The summed E-state index contributed by atoms with van der Waals surface area (Å²) >= 11 is 6.04. The molecule has 1 aliphatic heterocycles. The summed E-state index contributed by atoms with van der Waals surface area (Å²) in [6, 6.07) is 4.13. The Kier molecular flexibility index (Phi) is 11.0. The molecule has 1 aromatic rings. The number of hydrogen-bond acceptors (Lipinski definition) is 5. The normalized spacial score (nSPS) is 19.5. The van der Waals surface area contributed by atoms with Crippen molar-refractivity contribution in [3.05, 3.63) is 34.6 Å². The van der Waals surface area contributed by atoms with E-state index in [4.69, 9.17) is 26.8 Å². The van der Waals surface area contributed by atoms with Crippen molar-refractivity contribution < 1.29 is 23.8 Å². The van der Waals surface area contributed by atoms with Gasteiger partial charge in [-0.3, -0.25) is 0 Å². The van der Waals surface area contributed by atoms with Crippen LogP contribution in [-0.2, 0) is 15.1 Å². The number of nitrogens with two attached hydrogens (primary N) is 1. The van der Waals surface area contributed by atoms with E-state index in [1.807, 2.05) is 20.8 Å². The summed E-state index contributed by atoms with van der Waals surface area (Å²) in [4.78, 5) is 14.5. The van der Waals surface area contributed by atoms with Crippen LogP contribution in [0.15, 0.2) is 18.2 Å². The van der Waals surface area contributed by atoms with Gasteiger partial charge in [0.15, 0.2) is 0 Å². The number of unbranched alkanes of at least 4 members (excludes halogenated alkanes) is 1. The third kappa shape index (κ3) is 8.34. The zero-order chi connectivity index (χ0) is 25.4. The number of nitrogens with one attached hydrogen (secondary N) is 1. The molecule has 1 aliphatic rings. The molecular formula is C25H41ClFN3O4. The van der Waals surface area contributed by atoms with Crippen LogP contribution in [-0.4, -0.2) is 67.6 Å². The maximum Gasteiger partial charge on any atom is 0.317 e. The van der Waals surface area contributed by atoms with Gasteiger partial charge in [0.1, 0.15) is 5.82 Å². The summed E-state index contributed by atoms with van der Waals surface area (Å²) in [5.74, 6) is -0.940. The number of methoxy groups -OCH3 is 1. The van der Waals surface area contributed by atoms with Gasteiger partial charge in [-0.25, -0.2) is 9.18 Å². The van der Waals surface area contributed by atoms with Crippen LogP contribution >= 0.6 is 11.6 Å². The molecule has 0 spiro atoms. The predicted octanol–water partition coefficient (Wildman–Crippen LogP) is 4.05. The van der Waals surface area contributed by atoms with E-state index in [2.05, 4.69) is 5.32 Å². The van der Waals surface area contributed by atoms with Gasteiger partial charge in [0.25, 0.3) is 0 Å². The Labute approximate surface area is 208 Å². The standard InChI is InChI=1S/C25H41ClFN3O4/c1-24(2,3)34-17-19(28)15-29-23(31)30-13-8-9-18(16-30)25(32,12-5-6-14-33-4)20-10-7-11-21(26)22(20)27/h7,10-11,18-19,32H,5-6,8-9,12-17,28H2,1-4H3,(H,29,31)/t18-,19-,25+/m1/s1. The molecule has 1 fully saturated rings. The van der Waals surface area contributed by atoms with E-state index < -0.39 is 11.4 Å². The van der Waals surface area contributed by atoms with Crippen LogP contribution in [0.5, 0.6) is 0 Å². The number of piperidine rings is 1. The highest BCUT2D eigenvalue weighted by atomic mass is 35.5. The second-order valence-corrected chi connectivity index (χ2v) is 10.5. The van der Waals surface area contributed by atoms with E-state index in [-0.39, 0.29) is 40.7 Å². The lowest BCUT2D eigenvalue weighted by atomic mass is 9.74. The molecule has 2 amide bonds. The molecule has 2 rings (SSSR count). The molecule has 0 radical (unpaired) electrons. The minimum atomic E-state index is -1.45. The van der Waals surface area contributed by atoms with Gasteiger partial charge in [0.2, 0.25) is 0 Å². The Morgan fingerprint density at radius 3 is 2.79 bits per heavy atom. The number of ether oxygens (including phenoxy) is 2. The second kappa shape index (κ2) is 13.0. The van der Waals surface area contributed by atoms with Crippen LogP contribution in [0.1, 0.15) is 58.4 Å². The lowest BCUT2D eigenvalue weighted by Gasteiger charge is -2.43. The summed E-state index contributed by atoms with van der Waals surface area (Å²) in [6.45, 7) is 7.90. The predicted molar refractivity (Wildman–Crippen MR) is 132 cm³/mol.